The number of anilines is 2. The predicted octanol–water partition coefficient (Wildman–Crippen LogP) is 4.48. The Labute approximate surface area is 155 Å². The molecule has 0 aliphatic rings. The maximum atomic E-state index is 10.6. The first-order valence-corrected chi connectivity index (χ1v) is 9.03. The van der Waals surface area contributed by atoms with E-state index < -0.39 is 0 Å². The Kier molecular flexibility index (Phi) is 7.80. The van der Waals surface area contributed by atoms with Crippen LogP contribution in [0.2, 0.25) is 0 Å². The van der Waals surface area contributed by atoms with Crippen LogP contribution in [0.4, 0.5) is 11.4 Å². The highest BCUT2D eigenvalue weighted by Crippen LogP contribution is 2.27. The number of benzene rings is 2. The summed E-state index contributed by atoms with van der Waals surface area (Å²) < 4.78 is 10.7. The van der Waals surface area contributed by atoms with Gasteiger partial charge in [0.05, 0.1) is 13.2 Å². The van der Waals surface area contributed by atoms with E-state index in [0.717, 1.165) is 53.9 Å². The van der Waals surface area contributed by atoms with E-state index in [0.29, 0.717) is 13.2 Å². The van der Waals surface area contributed by atoms with Crippen LogP contribution >= 0.6 is 0 Å². The second-order valence-corrected chi connectivity index (χ2v) is 6.22. The summed E-state index contributed by atoms with van der Waals surface area (Å²) in [5.74, 6) is 0.656. The molecule has 0 saturated carbocycles. The molecule has 2 rings (SSSR count). The van der Waals surface area contributed by atoms with Crippen LogP contribution in [-0.2, 0) is 9.53 Å². The highest BCUT2D eigenvalue weighted by Gasteiger charge is 2.02. The van der Waals surface area contributed by atoms with Gasteiger partial charge in [0.1, 0.15) is 5.75 Å². The zero-order valence-electron chi connectivity index (χ0n) is 15.6. The standard InChI is InChI=1S/C21H28N2O3/c1-16(24)25-11-5-3-4-6-12-26-21-9-7-17(8-10-21)18-13-19(22)15-20(14-18)23-2/h7-10,13-15,23H,3-6,11-12,22H2,1-2H3. The van der Waals surface area contributed by atoms with Crippen LogP contribution in [0.5, 0.6) is 5.75 Å². The van der Waals surface area contributed by atoms with Gasteiger partial charge >= 0.3 is 5.97 Å². The van der Waals surface area contributed by atoms with Crippen LogP contribution in [-0.4, -0.2) is 26.2 Å². The Balaban J connectivity index is 1.74. The highest BCUT2D eigenvalue weighted by molar-refractivity contribution is 5.73. The number of esters is 1. The third kappa shape index (κ3) is 6.67. The van der Waals surface area contributed by atoms with Gasteiger partial charge in [-0.3, -0.25) is 4.79 Å². The Morgan fingerprint density at radius 2 is 1.65 bits per heavy atom. The van der Waals surface area contributed by atoms with E-state index in [9.17, 15) is 4.79 Å². The molecule has 0 heterocycles. The number of unbranched alkanes of at least 4 members (excludes halogenated alkanes) is 3. The van der Waals surface area contributed by atoms with Gasteiger partial charge in [0.15, 0.2) is 0 Å². The molecular weight excluding hydrogens is 328 g/mol. The number of hydrogen-bond acceptors (Lipinski definition) is 5. The molecule has 5 nitrogen and oxygen atoms in total. The molecular formula is C21H28N2O3. The van der Waals surface area contributed by atoms with Crippen molar-refractivity contribution in [2.24, 2.45) is 0 Å². The van der Waals surface area contributed by atoms with Crippen molar-refractivity contribution >= 4 is 17.3 Å². The Hall–Kier alpha value is -2.69. The van der Waals surface area contributed by atoms with Gasteiger partial charge in [-0.05, 0) is 67.1 Å². The largest absolute Gasteiger partial charge is 0.494 e. The zero-order chi connectivity index (χ0) is 18.8. The third-order valence-electron chi connectivity index (χ3n) is 4.04. The summed E-state index contributed by atoms with van der Waals surface area (Å²) in [6, 6.07) is 14.0. The van der Waals surface area contributed by atoms with E-state index in [1.165, 1.54) is 6.92 Å². The number of nitrogens with one attached hydrogen (secondary N) is 1. The number of ether oxygens (including phenoxy) is 2. The van der Waals surface area contributed by atoms with Crippen LogP contribution in [0, 0.1) is 0 Å². The maximum Gasteiger partial charge on any atom is 0.302 e. The van der Waals surface area contributed by atoms with Gasteiger partial charge in [0, 0.05) is 25.3 Å². The van der Waals surface area contributed by atoms with Crippen molar-refractivity contribution in [1.29, 1.82) is 0 Å². The number of carbonyl (C=O) groups excluding carboxylic acids is 1. The lowest BCUT2D eigenvalue weighted by atomic mass is 10.0. The van der Waals surface area contributed by atoms with Gasteiger partial charge in [-0.1, -0.05) is 12.1 Å². The molecule has 5 heteroatoms. The predicted molar refractivity (Wildman–Crippen MR) is 106 cm³/mol. The fourth-order valence-corrected chi connectivity index (χ4v) is 2.67. The first kappa shape index (κ1) is 19.6. The first-order chi connectivity index (χ1) is 12.6. The minimum atomic E-state index is -0.211. The van der Waals surface area contributed by atoms with Crippen molar-refractivity contribution in [1.82, 2.24) is 0 Å². The van der Waals surface area contributed by atoms with Crippen LogP contribution < -0.4 is 15.8 Å². The summed E-state index contributed by atoms with van der Waals surface area (Å²) in [4.78, 5) is 10.6. The van der Waals surface area contributed by atoms with Gasteiger partial charge in [-0.2, -0.15) is 0 Å². The van der Waals surface area contributed by atoms with E-state index in [1.807, 2.05) is 43.4 Å². The van der Waals surface area contributed by atoms with Crippen LogP contribution in [0.15, 0.2) is 42.5 Å². The van der Waals surface area contributed by atoms with Crippen molar-refractivity contribution in [2.45, 2.75) is 32.6 Å². The van der Waals surface area contributed by atoms with Crippen LogP contribution in [0.1, 0.15) is 32.6 Å². The maximum absolute atomic E-state index is 10.6. The summed E-state index contributed by atoms with van der Waals surface area (Å²) in [7, 11) is 1.88. The lowest BCUT2D eigenvalue weighted by Crippen LogP contribution is -2.01. The molecule has 0 bridgehead atoms. The fourth-order valence-electron chi connectivity index (χ4n) is 2.67. The topological polar surface area (TPSA) is 73.6 Å². The molecule has 3 N–H and O–H groups in total. The van der Waals surface area contributed by atoms with Crippen LogP contribution in [0.3, 0.4) is 0 Å². The molecule has 0 aromatic heterocycles. The smallest absolute Gasteiger partial charge is 0.302 e. The number of nitrogen functional groups attached to an aromatic ring is 1. The van der Waals surface area contributed by atoms with E-state index in [2.05, 4.69) is 11.4 Å². The van der Waals surface area contributed by atoms with E-state index in [4.69, 9.17) is 15.2 Å². The monoisotopic (exact) mass is 356 g/mol. The summed E-state index contributed by atoms with van der Waals surface area (Å²) in [6.45, 7) is 2.64. The van der Waals surface area contributed by atoms with Crippen LogP contribution in [0.25, 0.3) is 11.1 Å². The average Bonchev–Trinajstić information content (AvgIpc) is 2.63. The summed E-state index contributed by atoms with van der Waals surface area (Å²) >= 11 is 0. The van der Waals surface area contributed by atoms with Gasteiger partial charge < -0.3 is 20.5 Å². The Morgan fingerprint density at radius 1 is 0.962 bits per heavy atom. The quantitative estimate of drug-likeness (QED) is 0.373. The number of carbonyl (C=O) groups is 1. The zero-order valence-corrected chi connectivity index (χ0v) is 15.6. The van der Waals surface area contributed by atoms with Gasteiger partial charge in [0.2, 0.25) is 0 Å². The number of rotatable bonds is 10. The molecule has 0 aliphatic carbocycles. The van der Waals surface area contributed by atoms with Crippen molar-refractivity contribution in [3.63, 3.8) is 0 Å². The Morgan fingerprint density at radius 3 is 2.31 bits per heavy atom. The average molecular weight is 356 g/mol. The highest BCUT2D eigenvalue weighted by atomic mass is 16.5. The molecule has 0 atom stereocenters. The minimum absolute atomic E-state index is 0.211. The molecule has 2 aromatic carbocycles. The lowest BCUT2D eigenvalue weighted by molar-refractivity contribution is -0.141. The SMILES string of the molecule is CNc1cc(N)cc(-c2ccc(OCCCCCCOC(C)=O)cc2)c1. The molecule has 0 amide bonds. The van der Waals surface area contributed by atoms with Crippen molar-refractivity contribution in [3.8, 4) is 16.9 Å². The van der Waals surface area contributed by atoms with Crippen molar-refractivity contribution in [3.05, 3.63) is 42.5 Å². The second-order valence-electron chi connectivity index (χ2n) is 6.22. The molecule has 140 valence electrons. The molecule has 0 aliphatic heterocycles. The Bertz CT molecular complexity index is 699. The van der Waals surface area contributed by atoms with Crippen molar-refractivity contribution < 1.29 is 14.3 Å². The molecule has 0 fully saturated rings. The lowest BCUT2D eigenvalue weighted by Gasteiger charge is -2.09. The fraction of sp³-hybridized carbons (Fsp3) is 0.381. The molecule has 0 unspecified atom stereocenters. The molecule has 26 heavy (non-hydrogen) atoms. The summed E-state index contributed by atoms with van der Waals surface area (Å²) in [5, 5.41) is 3.12. The summed E-state index contributed by atoms with van der Waals surface area (Å²) in [5.41, 5.74) is 9.86. The van der Waals surface area contributed by atoms with E-state index >= 15 is 0 Å². The number of hydrogen-bond donors (Lipinski definition) is 2. The minimum Gasteiger partial charge on any atom is -0.494 e. The van der Waals surface area contributed by atoms with E-state index in [1.54, 1.807) is 0 Å². The number of nitrogens with two attached hydrogens (primary N) is 1. The van der Waals surface area contributed by atoms with Gasteiger partial charge in [0.25, 0.3) is 0 Å². The first-order valence-electron chi connectivity index (χ1n) is 9.03. The molecule has 0 spiro atoms. The second kappa shape index (κ2) is 10.3. The third-order valence-corrected chi connectivity index (χ3v) is 4.04. The van der Waals surface area contributed by atoms with Crippen molar-refractivity contribution in [2.75, 3.05) is 31.3 Å². The van der Waals surface area contributed by atoms with Gasteiger partial charge in [-0.15, -0.1) is 0 Å². The molecule has 2 aromatic rings. The molecule has 0 saturated heterocycles. The van der Waals surface area contributed by atoms with Gasteiger partial charge in [-0.25, -0.2) is 0 Å². The van der Waals surface area contributed by atoms with E-state index in [-0.39, 0.29) is 5.97 Å². The normalized spacial score (nSPS) is 10.4. The summed E-state index contributed by atoms with van der Waals surface area (Å²) in [6.07, 6.45) is 4.00. The molecule has 0 radical (unpaired) electrons.